The highest BCUT2D eigenvalue weighted by Crippen LogP contribution is 2.12. The van der Waals surface area contributed by atoms with E-state index >= 15 is 0 Å². The van der Waals surface area contributed by atoms with E-state index in [0.29, 0.717) is 0 Å². The van der Waals surface area contributed by atoms with Gasteiger partial charge in [0.25, 0.3) is 0 Å². The molecule has 0 spiro atoms. The first-order valence-electron chi connectivity index (χ1n) is 6.50. The molecular weight excluding hydrogens is 210 g/mol. The summed E-state index contributed by atoms with van der Waals surface area (Å²) in [5.41, 5.74) is 3.86. The van der Waals surface area contributed by atoms with E-state index in [1.807, 2.05) is 0 Å². The minimum absolute atomic E-state index is 0.971. The Hall–Kier alpha value is -1.09. The summed E-state index contributed by atoms with van der Waals surface area (Å²) >= 11 is 0. The predicted octanol–water partition coefficient (Wildman–Crippen LogP) is 1.93. The van der Waals surface area contributed by atoms with Crippen molar-refractivity contribution in [1.29, 1.82) is 0 Å². The Morgan fingerprint density at radius 2 is 2.06 bits per heavy atom. The van der Waals surface area contributed by atoms with Crippen molar-refractivity contribution in [3.8, 4) is 0 Å². The van der Waals surface area contributed by atoms with Crippen LogP contribution in [0.25, 0.3) is 0 Å². The van der Waals surface area contributed by atoms with E-state index < -0.39 is 0 Å². The van der Waals surface area contributed by atoms with E-state index in [2.05, 4.69) is 41.3 Å². The second kappa shape index (κ2) is 5.50. The molecule has 0 aromatic carbocycles. The second-order valence-corrected chi connectivity index (χ2v) is 4.98. The van der Waals surface area contributed by atoms with Gasteiger partial charge < -0.3 is 4.90 Å². The molecule has 1 saturated heterocycles. The lowest BCUT2D eigenvalue weighted by Crippen LogP contribution is -2.46. The maximum atomic E-state index is 4.52. The van der Waals surface area contributed by atoms with Crippen LogP contribution in [0.5, 0.6) is 0 Å². The number of nitrogens with zero attached hydrogens (tertiary/aromatic N) is 3. The van der Waals surface area contributed by atoms with Gasteiger partial charge in [-0.3, -0.25) is 9.89 Å². The lowest BCUT2D eigenvalue weighted by atomic mass is 10.1. The smallest absolute Gasteiger partial charge is 0.0427 e. The van der Waals surface area contributed by atoms with E-state index in [4.69, 9.17) is 0 Å². The van der Waals surface area contributed by atoms with Gasteiger partial charge in [-0.05, 0) is 25.8 Å². The van der Waals surface area contributed by atoms with E-state index in [1.54, 1.807) is 0 Å². The molecule has 0 aromatic heterocycles. The third kappa shape index (κ3) is 3.19. The Kier molecular flexibility index (Phi) is 4.00. The number of hydrogen-bond acceptors (Lipinski definition) is 3. The van der Waals surface area contributed by atoms with Crippen molar-refractivity contribution in [2.75, 3.05) is 39.3 Å². The molecule has 94 valence electrons. The highest BCUT2D eigenvalue weighted by Gasteiger charge is 2.18. The zero-order chi connectivity index (χ0) is 12.3. The normalized spacial score (nSPS) is 22.1. The molecule has 0 aliphatic carbocycles. The van der Waals surface area contributed by atoms with Gasteiger partial charge in [0.1, 0.15) is 0 Å². The lowest BCUT2D eigenvalue weighted by Gasteiger charge is -2.36. The summed E-state index contributed by atoms with van der Waals surface area (Å²) in [6, 6.07) is 0. The summed E-state index contributed by atoms with van der Waals surface area (Å²) in [6.07, 6.45) is 3.46. The van der Waals surface area contributed by atoms with E-state index in [1.165, 1.54) is 17.0 Å². The number of piperazine rings is 1. The molecule has 2 heterocycles. The summed E-state index contributed by atoms with van der Waals surface area (Å²) in [6.45, 7) is 14.8. The van der Waals surface area contributed by atoms with Crippen molar-refractivity contribution in [3.63, 3.8) is 0 Å². The molecule has 0 amide bonds. The van der Waals surface area contributed by atoms with Gasteiger partial charge in [-0.25, -0.2) is 0 Å². The molecule has 2 aliphatic rings. The Morgan fingerprint density at radius 3 is 2.65 bits per heavy atom. The van der Waals surface area contributed by atoms with Gasteiger partial charge in [0, 0.05) is 50.7 Å². The molecule has 0 atom stereocenters. The van der Waals surface area contributed by atoms with Crippen LogP contribution < -0.4 is 0 Å². The van der Waals surface area contributed by atoms with Crippen LogP contribution >= 0.6 is 0 Å². The monoisotopic (exact) mass is 233 g/mol. The minimum atomic E-state index is 0.971. The molecule has 0 bridgehead atoms. The third-order valence-corrected chi connectivity index (χ3v) is 3.64. The number of allylic oxidation sites excluding steroid dienone is 1. The molecule has 2 rings (SSSR count). The first-order chi connectivity index (χ1) is 8.16. The zero-order valence-electron chi connectivity index (χ0n) is 11.1. The minimum Gasteiger partial charge on any atom is -0.373 e. The molecule has 0 aromatic rings. The molecule has 0 N–H and O–H groups in total. The van der Waals surface area contributed by atoms with E-state index in [0.717, 1.165) is 45.7 Å². The maximum absolute atomic E-state index is 4.52. The average Bonchev–Trinajstić information content (AvgIpc) is 2.33. The highest BCUT2D eigenvalue weighted by atomic mass is 15.3. The van der Waals surface area contributed by atoms with Crippen molar-refractivity contribution >= 4 is 5.71 Å². The number of aliphatic imine (C=N–C) groups is 1. The van der Waals surface area contributed by atoms with Crippen molar-refractivity contribution in [3.05, 3.63) is 23.9 Å². The summed E-state index contributed by atoms with van der Waals surface area (Å²) in [5, 5.41) is 0. The Balaban J connectivity index is 1.84. The first kappa shape index (κ1) is 12.4. The van der Waals surface area contributed by atoms with Crippen LogP contribution in [-0.4, -0.2) is 54.8 Å². The largest absolute Gasteiger partial charge is 0.373 e. The topological polar surface area (TPSA) is 18.8 Å². The molecule has 3 heteroatoms. The van der Waals surface area contributed by atoms with Gasteiger partial charge in [0.2, 0.25) is 0 Å². The fraction of sp³-hybridized carbons (Fsp3) is 0.643. The van der Waals surface area contributed by atoms with Crippen LogP contribution in [-0.2, 0) is 0 Å². The van der Waals surface area contributed by atoms with Gasteiger partial charge in [-0.15, -0.1) is 0 Å². The number of dihydropyridines is 1. The zero-order valence-corrected chi connectivity index (χ0v) is 11.1. The van der Waals surface area contributed by atoms with Crippen LogP contribution in [0.2, 0.25) is 0 Å². The standard InChI is InChI=1S/C14H23N3/c1-12(2)17-9-7-16(8-10-17)11-14-5-4-6-15-13(14)3/h5H,1,4,6-11H2,2-3H3. The maximum Gasteiger partial charge on any atom is 0.0427 e. The van der Waals surface area contributed by atoms with Gasteiger partial charge in [-0.2, -0.15) is 0 Å². The van der Waals surface area contributed by atoms with E-state index in [-0.39, 0.29) is 0 Å². The number of hydrogen-bond donors (Lipinski definition) is 0. The fourth-order valence-corrected chi connectivity index (χ4v) is 2.43. The Morgan fingerprint density at radius 1 is 1.35 bits per heavy atom. The van der Waals surface area contributed by atoms with Crippen molar-refractivity contribution in [2.45, 2.75) is 20.3 Å². The molecule has 0 radical (unpaired) electrons. The molecule has 3 nitrogen and oxygen atoms in total. The van der Waals surface area contributed by atoms with Crippen molar-refractivity contribution in [2.24, 2.45) is 4.99 Å². The SMILES string of the molecule is C=C(C)N1CCN(CC2=CCCN=C2C)CC1. The Bertz CT molecular complexity index is 346. The van der Waals surface area contributed by atoms with Crippen LogP contribution in [0.15, 0.2) is 28.9 Å². The van der Waals surface area contributed by atoms with Crippen LogP contribution in [0.3, 0.4) is 0 Å². The number of rotatable bonds is 3. The summed E-state index contributed by atoms with van der Waals surface area (Å²) in [7, 11) is 0. The molecule has 17 heavy (non-hydrogen) atoms. The van der Waals surface area contributed by atoms with Crippen LogP contribution in [0.1, 0.15) is 20.3 Å². The molecule has 0 saturated carbocycles. The molecular formula is C14H23N3. The fourth-order valence-electron chi connectivity index (χ4n) is 2.43. The predicted molar refractivity (Wildman–Crippen MR) is 73.5 cm³/mol. The van der Waals surface area contributed by atoms with Crippen LogP contribution in [0, 0.1) is 0 Å². The second-order valence-electron chi connectivity index (χ2n) is 4.98. The summed E-state index contributed by atoms with van der Waals surface area (Å²) in [5.74, 6) is 0. The average molecular weight is 233 g/mol. The van der Waals surface area contributed by atoms with Gasteiger partial charge in [0.05, 0.1) is 0 Å². The van der Waals surface area contributed by atoms with Gasteiger partial charge in [-0.1, -0.05) is 12.7 Å². The molecule has 2 aliphatic heterocycles. The quantitative estimate of drug-likeness (QED) is 0.742. The van der Waals surface area contributed by atoms with Gasteiger partial charge >= 0.3 is 0 Å². The van der Waals surface area contributed by atoms with Crippen molar-refractivity contribution < 1.29 is 0 Å². The van der Waals surface area contributed by atoms with Crippen molar-refractivity contribution in [1.82, 2.24) is 9.80 Å². The molecule has 1 fully saturated rings. The summed E-state index contributed by atoms with van der Waals surface area (Å²) < 4.78 is 0. The molecule has 0 unspecified atom stereocenters. The summed E-state index contributed by atoms with van der Waals surface area (Å²) in [4.78, 5) is 9.41. The van der Waals surface area contributed by atoms with Gasteiger partial charge in [0.15, 0.2) is 0 Å². The lowest BCUT2D eigenvalue weighted by molar-refractivity contribution is 0.171. The third-order valence-electron chi connectivity index (χ3n) is 3.64. The Labute approximate surface area is 105 Å². The van der Waals surface area contributed by atoms with Crippen LogP contribution in [0.4, 0.5) is 0 Å². The first-order valence-corrected chi connectivity index (χ1v) is 6.50. The highest BCUT2D eigenvalue weighted by molar-refractivity contribution is 5.99. The van der Waals surface area contributed by atoms with E-state index in [9.17, 15) is 0 Å².